The lowest BCUT2D eigenvalue weighted by Gasteiger charge is -2.08. The first kappa shape index (κ1) is 21.1. The number of aromatic nitrogens is 4. The van der Waals surface area contributed by atoms with Crippen LogP contribution in [0.25, 0.3) is 11.3 Å². The lowest BCUT2D eigenvalue weighted by molar-refractivity contribution is -0.142. The van der Waals surface area contributed by atoms with Crippen LogP contribution in [0.15, 0.2) is 47.7 Å². The predicted octanol–water partition coefficient (Wildman–Crippen LogP) is 4.29. The number of nitrogens with one attached hydrogen (secondary N) is 1. The van der Waals surface area contributed by atoms with E-state index in [9.17, 15) is 22.0 Å². The minimum absolute atomic E-state index is 0.129. The summed E-state index contributed by atoms with van der Waals surface area (Å²) in [5.74, 6) is 0.309. The standard InChI is InChI=1S/C18H15F5N6O/c1-30-13-4-2-3-11(7-13)14-8-15(16(19)20)26-17(25-14)27-24-9-12-5-6-29(28-12)10-18(21,22)23/h2-9,16H,10H2,1H3,(H,25,26,27)/b24-9+. The van der Waals surface area contributed by atoms with Crippen LogP contribution in [0.5, 0.6) is 5.75 Å². The minimum Gasteiger partial charge on any atom is -0.497 e. The van der Waals surface area contributed by atoms with Gasteiger partial charge >= 0.3 is 6.18 Å². The molecule has 0 aliphatic heterocycles. The van der Waals surface area contributed by atoms with E-state index in [4.69, 9.17) is 4.74 Å². The molecular formula is C18H15F5N6O. The topological polar surface area (TPSA) is 77.2 Å². The van der Waals surface area contributed by atoms with Crippen molar-refractivity contribution in [3.05, 3.63) is 54.0 Å². The second kappa shape index (κ2) is 8.84. The lowest BCUT2D eigenvalue weighted by atomic mass is 10.1. The first-order chi connectivity index (χ1) is 14.2. The highest BCUT2D eigenvalue weighted by atomic mass is 19.4. The maximum Gasteiger partial charge on any atom is 0.408 e. The zero-order chi connectivity index (χ0) is 21.7. The van der Waals surface area contributed by atoms with Crippen molar-refractivity contribution in [1.29, 1.82) is 0 Å². The van der Waals surface area contributed by atoms with Crippen LogP contribution in [-0.4, -0.2) is 39.2 Å². The first-order valence-corrected chi connectivity index (χ1v) is 8.44. The summed E-state index contributed by atoms with van der Waals surface area (Å²) in [6.45, 7) is -1.24. The largest absolute Gasteiger partial charge is 0.497 e. The van der Waals surface area contributed by atoms with Crippen LogP contribution < -0.4 is 10.2 Å². The number of halogens is 5. The summed E-state index contributed by atoms with van der Waals surface area (Å²) < 4.78 is 69.4. The average molecular weight is 426 g/mol. The third-order valence-electron chi connectivity index (χ3n) is 3.70. The molecular weight excluding hydrogens is 411 g/mol. The van der Waals surface area contributed by atoms with E-state index in [2.05, 4.69) is 25.6 Å². The maximum atomic E-state index is 13.2. The van der Waals surface area contributed by atoms with Gasteiger partial charge in [0.15, 0.2) is 0 Å². The molecule has 1 aromatic carbocycles. The van der Waals surface area contributed by atoms with Gasteiger partial charge in [-0.3, -0.25) is 4.68 Å². The fourth-order valence-corrected chi connectivity index (χ4v) is 2.43. The highest BCUT2D eigenvalue weighted by Gasteiger charge is 2.28. The average Bonchev–Trinajstić information content (AvgIpc) is 3.13. The van der Waals surface area contributed by atoms with E-state index in [1.807, 2.05) is 0 Å². The summed E-state index contributed by atoms with van der Waals surface area (Å²) in [4.78, 5) is 7.84. The number of hydrazone groups is 1. The number of benzene rings is 1. The smallest absolute Gasteiger partial charge is 0.408 e. The summed E-state index contributed by atoms with van der Waals surface area (Å²) in [6.07, 6.45) is -4.99. The zero-order valence-corrected chi connectivity index (χ0v) is 15.4. The Hall–Kier alpha value is -3.57. The van der Waals surface area contributed by atoms with Crippen molar-refractivity contribution in [2.45, 2.75) is 19.1 Å². The Morgan fingerprint density at radius 3 is 2.70 bits per heavy atom. The van der Waals surface area contributed by atoms with Crippen molar-refractivity contribution in [2.75, 3.05) is 12.5 Å². The Labute approximate surface area is 167 Å². The fraction of sp³-hybridized carbons (Fsp3) is 0.222. The summed E-state index contributed by atoms with van der Waals surface area (Å²) in [5.41, 5.74) is 2.75. The summed E-state index contributed by atoms with van der Waals surface area (Å²) in [7, 11) is 1.47. The van der Waals surface area contributed by atoms with E-state index in [1.165, 1.54) is 13.2 Å². The van der Waals surface area contributed by atoms with E-state index in [0.29, 0.717) is 16.0 Å². The quantitative estimate of drug-likeness (QED) is 0.346. The molecule has 0 fully saturated rings. The summed E-state index contributed by atoms with van der Waals surface area (Å²) in [5, 5.41) is 7.45. The Morgan fingerprint density at radius 1 is 1.20 bits per heavy atom. The molecule has 7 nitrogen and oxygen atoms in total. The molecule has 0 saturated heterocycles. The first-order valence-electron chi connectivity index (χ1n) is 8.44. The molecule has 3 rings (SSSR count). The number of ether oxygens (including phenoxy) is 1. The Morgan fingerprint density at radius 2 is 2.00 bits per heavy atom. The van der Waals surface area contributed by atoms with Gasteiger partial charge < -0.3 is 4.74 Å². The van der Waals surface area contributed by atoms with E-state index in [-0.39, 0.29) is 17.3 Å². The van der Waals surface area contributed by atoms with Gasteiger partial charge in [0.25, 0.3) is 6.43 Å². The number of methoxy groups -OCH3 is 1. The van der Waals surface area contributed by atoms with Crippen LogP contribution in [0.1, 0.15) is 17.8 Å². The van der Waals surface area contributed by atoms with Crippen molar-refractivity contribution in [1.82, 2.24) is 19.7 Å². The third kappa shape index (κ3) is 5.72. The minimum atomic E-state index is -4.40. The normalized spacial score (nSPS) is 12.0. The molecule has 12 heteroatoms. The molecule has 0 atom stereocenters. The van der Waals surface area contributed by atoms with Crippen molar-refractivity contribution >= 4 is 12.2 Å². The monoisotopic (exact) mass is 426 g/mol. The van der Waals surface area contributed by atoms with E-state index in [0.717, 1.165) is 18.5 Å². The van der Waals surface area contributed by atoms with Crippen LogP contribution in [-0.2, 0) is 6.54 Å². The number of rotatable bonds is 7. The van der Waals surface area contributed by atoms with Gasteiger partial charge in [0.1, 0.15) is 23.7 Å². The van der Waals surface area contributed by atoms with Crippen molar-refractivity contribution in [3.63, 3.8) is 0 Å². The molecule has 3 aromatic rings. The maximum absolute atomic E-state index is 13.2. The van der Waals surface area contributed by atoms with E-state index >= 15 is 0 Å². The zero-order valence-electron chi connectivity index (χ0n) is 15.4. The highest BCUT2D eigenvalue weighted by Crippen LogP contribution is 2.27. The molecule has 0 aliphatic rings. The number of hydrogen-bond acceptors (Lipinski definition) is 6. The molecule has 0 aliphatic carbocycles. The second-order valence-electron chi connectivity index (χ2n) is 5.96. The third-order valence-corrected chi connectivity index (χ3v) is 3.70. The molecule has 0 spiro atoms. The van der Waals surface area contributed by atoms with Crippen LogP contribution in [0.4, 0.5) is 27.9 Å². The van der Waals surface area contributed by atoms with Crippen molar-refractivity contribution in [3.8, 4) is 17.0 Å². The van der Waals surface area contributed by atoms with Gasteiger partial charge in [-0.1, -0.05) is 12.1 Å². The predicted molar refractivity (Wildman–Crippen MR) is 98.5 cm³/mol. The number of anilines is 1. The molecule has 2 aromatic heterocycles. The molecule has 0 unspecified atom stereocenters. The van der Waals surface area contributed by atoms with Crippen LogP contribution in [0.2, 0.25) is 0 Å². The van der Waals surface area contributed by atoms with Crippen LogP contribution in [0, 0.1) is 0 Å². The number of nitrogens with zero attached hydrogens (tertiary/aromatic N) is 5. The molecule has 0 bridgehead atoms. The number of hydrogen-bond donors (Lipinski definition) is 1. The molecule has 0 saturated carbocycles. The Balaban J connectivity index is 1.80. The lowest BCUT2D eigenvalue weighted by Crippen LogP contribution is -2.18. The van der Waals surface area contributed by atoms with Crippen LogP contribution >= 0.6 is 0 Å². The molecule has 1 N–H and O–H groups in total. The molecule has 0 amide bonds. The Bertz CT molecular complexity index is 1030. The van der Waals surface area contributed by atoms with Gasteiger partial charge in [-0.25, -0.2) is 24.2 Å². The van der Waals surface area contributed by atoms with Gasteiger partial charge in [-0.2, -0.15) is 23.4 Å². The summed E-state index contributed by atoms with van der Waals surface area (Å²) >= 11 is 0. The fourth-order valence-electron chi connectivity index (χ4n) is 2.43. The highest BCUT2D eigenvalue weighted by molar-refractivity contribution is 5.77. The van der Waals surface area contributed by atoms with Crippen molar-refractivity contribution < 1.29 is 26.7 Å². The number of alkyl halides is 5. The molecule has 158 valence electrons. The summed E-state index contributed by atoms with van der Waals surface area (Å²) in [6, 6.07) is 9.13. The van der Waals surface area contributed by atoms with Gasteiger partial charge in [-0.15, -0.1) is 0 Å². The van der Waals surface area contributed by atoms with Gasteiger partial charge in [-0.05, 0) is 24.3 Å². The second-order valence-corrected chi connectivity index (χ2v) is 5.96. The molecule has 2 heterocycles. The van der Waals surface area contributed by atoms with Crippen LogP contribution in [0.3, 0.4) is 0 Å². The van der Waals surface area contributed by atoms with Gasteiger partial charge in [0.2, 0.25) is 5.95 Å². The Kier molecular flexibility index (Phi) is 6.23. The van der Waals surface area contributed by atoms with Gasteiger partial charge in [0, 0.05) is 11.8 Å². The molecule has 30 heavy (non-hydrogen) atoms. The van der Waals surface area contributed by atoms with Crippen molar-refractivity contribution in [2.24, 2.45) is 5.10 Å². The van der Waals surface area contributed by atoms with E-state index in [1.54, 1.807) is 24.3 Å². The van der Waals surface area contributed by atoms with Gasteiger partial charge in [0.05, 0.1) is 19.0 Å². The molecule has 0 radical (unpaired) electrons. The SMILES string of the molecule is COc1cccc(-c2cc(C(F)F)nc(N/N=C/c3ccn(CC(F)(F)F)n3)n2)c1. The van der Waals surface area contributed by atoms with E-state index < -0.39 is 24.8 Å².